The van der Waals surface area contributed by atoms with Crippen LogP contribution in [0.3, 0.4) is 0 Å². The molecule has 1 N–H and O–H groups in total. The van der Waals surface area contributed by atoms with Gasteiger partial charge in [0, 0.05) is 27.6 Å². The van der Waals surface area contributed by atoms with Crippen LogP contribution in [0.2, 0.25) is 0 Å². The molecule has 10 aromatic rings. The van der Waals surface area contributed by atoms with Crippen LogP contribution in [-0.4, -0.2) is 19.8 Å². The predicted octanol–water partition coefficient (Wildman–Crippen LogP) is 12.8. The second kappa shape index (κ2) is 12.8. The summed E-state index contributed by atoms with van der Waals surface area (Å²) >= 11 is 0. The largest absolute Gasteiger partial charge is 0.450 e. The van der Waals surface area contributed by atoms with Crippen molar-refractivity contribution in [3.05, 3.63) is 199 Å². The first kappa shape index (κ1) is 32.4. The highest BCUT2D eigenvalue weighted by molar-refractivity contribution is 6.22. The van der Waals surface area contributed by atoms with Gasteiger partial charge in [0.25, 0.3) is 0 Å². The van der Waals surface area contributed by atoms with E-state index in [1.807, 2.05) is 48.5 Å². The number of hydrogen-bond donors (Lipinski definition) is 1. The summed E-state index contributed by atoms with van der Waals surface area (Å²) in [5.74, 6) is 4.54. The third-order valence-electron chi connectivity index (χ3n) is 11.2. The lowest BCUT2D eigenvalue weighted by Crippen LogP contribution is -2.26. The summed E-state index contributed by atoms with van der Waals surface area (Å²) in [6.45, 7) is 0. The van der Waals surface area contributed by atoms with Crippen LogP contribution in [0.4, 0.5) is 5.82 Å². The van der Waals surface area contributed by atoms with Crippen LogP contribution in [0.1, 0.15) is 17.5 Å². The van der Waals surface area contributed by atoms with Crippen LogP contribution in [-0.2, 0) is 0 Å². The average Bonchev–Trinajstić information content (AvgIpc) is 3.85. The number of rotatable bonds is 5. The van der Waals surface area contributed by atoms with E-state index in [1.54, 1.807) is 0 Å². The monoisotopic (exact) mass is 747 g/mol. The van der Waals surface area contributed by atoms with Gasteiger partial charge in [-0.3, -0.25) is 4.57 Å². The molecule has 1 unspecified atom stereocenters. The minimum atomic E-state index is -0.508. The predicted molar refractivity (Wildman–Crippen MR) is 233 cm³/mol. The molecule has 0 fully saturated rings. The number of benzene rings is 8. The summed E-state index contributed by atoms with van der Waals surface area (Å²) in [6.07, 6.45) is -0.508. The summed E-state index contributed by atoms with van der Waals surface area (Å²) in [4.78, 5) is 10.9. The molecule has 2 aromatic heterocycles. The van der Waals surface area contributed by atoms with E-state index in [9.17, 15) is 0 Å². The first-order valence-electron chi connectivity index (χ1n) is 19.4. The Morgan fingerprint density at radius 2 is 1.10 bits per heavy atom. The van der Waals surface area contributed by atoms with Crippen molar-refractivity contribution in [1.82, 2.24) is 14.1 Å². The third kappa shape index (κ3) is 5.07. The van der Waals surface area contributed by atoms with Crippen molar-refractivity contribution in [2.24, 2.45) is 4.99 Å². The van der Waals surface area contributed by atoms with Gasteiger partial charge >= 0.3 is 0 Å². The summed E-state index contributed by atoms with van der Waals surface area (Å²) in [5, 5.41) is 8.59. The fraction of sp³-hybridized carbons (Fsp3) is 0.0196. The molecule has 0 bridgehead atoms. The highest BCUT2D eigenvalue weighted by Crippen LogP contribution is 2.47. The highest BCUT2D eigenvalue weighted by atomic mass is 16.6. The topological polar surface area (TPSA) is 65.6 Å². The van der Waals surface area contributed by atoms with Crippen molar-refractivity contribution < 1.29 is 9.47 Å². The Labute approximate surface area is 333 Å². The van der Waals surface area contributed by atoms with Gasteiger partial charge < -0.3 is 19.4 Å². The molecule has 7 heteroatoms. The number of nitrogens with zero attached hydrogens (tertiary/aromatic N) is 4. The molecule has 0 radical (unpaired) electrons. The summed E-state index contributed by atoms with van der Waals surface area (Å²) in [7, 11) is 0. The lowest BCUT2D eigenvalue weighted by Gasteiger charge is -2.27. The number of aromatic nitrogens is 3. The van der Waals surface area contributed by atoms with Gasteiger partial charge in [0.05, 0.1) is 16.7 Å². The number of aliphatic imine (C=N–C) groups is 1. The summed E-state index contributed by atoms with van der Waals surface area (Å²) < 4.78 is 17.1. The first-order chi connectivity index (χ1) is 28.7. The molecule has 0 saturated heterocycles. The lowest BCUT2D eigenvalue weighted by molar-refractivity contribution is 0.360. The maximum absolute atomic E-state index is 6.33. The van der Waals surface area contributed by atoms with Gasteiger partial charge in [-0.25, -0.2) is 9.98 Å². The molecule has 4 heterocycles. The lowest BCUT2D eigenvalue weighted by atomic mass is 10.00. The van der Waals surface area contributed by atoms with Crippen LogP contribution in [0, 0.1) is 0 Å². The Bertz CT molecular complexity index is 3260. The molecule has 58 heavy (non-hydrogen) atoms. The maximum Gasteiger partial charge on any atom is 0.202 e. The molecule has 0 amide bonds. The summed E-state index contributed by atoms with van der Waals surface area (Å²) in [6, 6.07) is 64.9. The Balaban J connectivity index is 1.08. The average molecular weight is 748 g/mol. The van der Waals surface area contributed by atoms with E-state index in [0.717, 1.165) is 67.4 Å². The zero-order valence-corrected chi connectivity index (χ0v) is 31.1. The van der Waals surface area contributed by atoms with E-state index in [2.05, 4.69) is 154 Å². The van der Waals surface area contributed by atoms with Crippen molar-refractivity contribution >= 4 is 44.1 Å². The number of ether oxygens (including phenoxy) is 2. The standard InChI is InChI=1S/C51H33N5O2/c1-4-15-33(16-5-1)47-48-50(55(37-19-8-3-9-20-37)49(52-48)34-17-6-2-7-18-34)54-51(53-47)56-40-27-25-35(30-39(40)46-38-21-11-10-14-32(38)24-28-41(46)56)36-26-29-44-45(31-36)58-43-23-13-12-22-42(43)57-44/h1-31,51,54H. The normalized spacial score (nSPS) is 14.2. The molecular formula is C51H33N5O2. The van der Waals surface area contributed by atoms with E-state index in [0.29, 0.717) is 23.0 Å². The van der Waals surface area contributed by atoms with E-state index in [1.165, 1.54) is 16.2 Å². The second-order valence-corrected chi connectivity index (χ2v) is 14.6. The number of nitrogens with one attached hydrogen (secondary N) is 1. The van der Waals surface area contributed by atoms with E-state index in [-0.39, 0.29) is 0 Å². The van der Waals surface area contributed by atoms with Gasteiger partial charge in [0.1, 0.15) is 17.3 Å². The zero-order chi connectivity index (χ0) is 38.2. The smallest absolute Gasteiger partial charge is 0.202 e. The van der Waals surface area contributed by atoms with E-state index < -0.39 is 6.29 Å². The summed E-state index contributed by atoms with van der Waals surface area (Å²) in [5.41, 5.74) is 8.92. The van der Waals surface area contributed by atoms with Crippen LogP contribution < -0.4 is 14.8 Å². The van der Waals surface area contributed by atoms with Gasteiger partial charge in [0.2, 0.25) is 6.29 Å². The number of para-hydroxylation sites is 3. The van der Waals surface area contributed by atoms with Crippen molar-refractivity contribution in [3.63, 3.8) is 0 Å². The van der Waals surface area contributed by atoms with Crippen LogP contribution in [0.5, 0.6) is 23.0 Å². The Morgan fingerprint density at radius 3 is 1.90 bits per heavy atom. The van der Waals surface area contributed by atoms with Gasteiger partial charge in [-0.2, -0.15) is 0 Å². The molecule has 7 nitrogen and oxygen atoms in total. The molecular weight excluding hydrogens is 715 g/mol. The Kier molecular flexibility index (Phi) is 7.16. The van der Waals surface area contributed by atoms with Crippen molar-refractivity contribution in [2.75, 3.05) is 5.32 Å². The number of fused-ring (bicyclic) bond motifs is 8. The zero-order valence-electron chi connectivity index (χ0n) is 31.1. The Hall–Kier alpha value is -7.90. The number of anilines is 1. The number of imidazole rings is 1. The third-order valence-corrected chi connectivity index (χ3v) is 11.2. The molecule has 0 spiro atoms. The molecule has 12 rings (SSSR count). The molecule has 8 aromatic carbocycles. The fourth-order valence-corrected chi connectivity index (χ4v) is 8.57. The van der Waals surface area contributed by atoms with Crippen molar-refractivity contribution in [3.8, 4) is 51.2 Å². The molecule has 0 aliphatic carbocycles. The maximum atomic E-state index is 6.33. The molecule has 1 atom stereocenters. The van der Waals surface area contributed by atoms with Crippen LogP contribution in [0.15, 0.2) is 193 Å². The second-order valence-electron chi connectivity index (χ2n) is 14.6. The van der Waals surface area contributed by atoms with E-state index in [4.69, 9.17) is 19.5 Å². The quantitative estimate of drug-likeness (QED) is 0.190. The minimum absolute atomic E-state index is 0.508. The molecule has 2 aliphatic rings. The SMILES string of the molecule is c1ccc(C2=NC(n3c4ccc(-c5ccc6c(c5)Oc5ccccc5O6)cc4c4c5ccccc5ccc43)Nc3c2nc(-c2ccccc2)n3-c2ccccc2)cc1. The first-order valence-corrected chi connectivity index (χ1v) is 19.4. The van der Waals surface area contributed by atoms with Gasteiger partial charge in [-0.15, -0.1) is 0 Å². The van der Waals surface area contributed by atoms with Gasteiger partial charge in [-0.1, -0.05) is 133 Å². The van der Waals surface area contributed by atoms with Crippen molar-refractivity contribution in [2.45, 2.75) is 6.29 Å². The van der Waals surface area contributed by atoms with Gasteiger partial charge in [-0.05, 0) is 76.5 Å². The number of hydrogen-bond acceptors (Lipinski definition) is 5. The van der Waals surface area contributed by atoms with Crippen LogP contribution >= 0.6 is 0 Å². The minimum Gasteiger partial charge on any atom is -0.450 e. The fourth-order valence-electron chi connectivity index (χ4n) is 8.57. The highest BCUT2D eigenvalue weighted by Gasteiger charge is 2.32. The van der Waals surface area contributed by atoms with E-state index >= 15 is 0 Å². The van der Waals surface area contributed by atoms with Crippen LogP contribution in [0.25, 0.3) is 60.8 Å². The molecule has 274 valence electrons. The molecule has 2 aliphatic heterocycles. The van der Waals surface area contributed by atoms with Crippen molar-refractivity contribution in [1.29, 1.82) is 0 Å². The Morgan fingerprint density at radius 1 is 0.483 bits per heavy atom. The molecule has 0 saturated carbocycles. The van der Waals surface area contributed by atoms with Gasteiger partial charge in [0.15, 0.2) is 23.0 Å².